The number of hydrogen-bond donors (Lipinski definition) is 0. The third-order valence-electron chi connectivity index (χ3n) is 3.45. The van der Waals surface area contributed by atoms with Crippen LogP contribution in [0.2, 0.25) is 0 Å². The quantitative estimate of drug-likeness (QED) is 0.521. The zero-order valence-corrected chi connectivity index (χ0v) is 13.0. The first-order valence-corrected chi connectivity index (χ1v) is 7.61. The van der Waals surface area contributed by atoms with Crippen LogP contribution in [0.15, 0.2) is 48.5 Å². The van der Waals surface area contributed by atoms with E-state index in [9.17, 15) is 26.3 Å². The molecule has 0 fully saturated rings. The fourth-order valence-corrected chi connectivity index (χ4v) is 2.89. The zero-order chi connectivity index (χ0) is 18.2. The Morgan fingerprint density at radius 1 is 0.640 bits per heavy atom. The predicted octanol–water partition coefficient (Wildman–Crippen LogP) is 5.91. The molecule has 3 aromatic rings. The van der Waals surface area contributed by atoms with Gasteiger partial charge in [0.05, 0.1) is 16.0 Å². The highest BCUT2D eigenvalue weighted by molar-refractivity contribution is 7.09. The van der Waals surface area contributed by atoms with E-state index in [0.717, 1.165) is 35.8 Å². The molecule has 1 aromatic heterocycles. The van der Waals surface area contributed by atoms with E-state index >= 15 is 0 Å². The summed E-state index contributed by atoms with van der Waals surface area (Å²) >= 11 is 0.956. The van der Waals surface area contributed by atoms with E-state index in [4.69, 9.17) is 0 Å². The molecule has 0 radical (unpaired) electrons. The molecule has 9 heteroatoms. The normalized spacial score (nSPS) is 12.4. The van der Waals surface area contributed by atoms with Crippen molar-refractivity contribution in [3.8, 4) is 21.7 Å². The lowest BCUT2D eigenvalue weighted by molar-refractivity contribution is -0.138. The Kier molecular flexibility index (Phi) is 4.28. The average Bonchev–Trinajstić information content (AvgIpc) is 3.03. The van der Waals surface area contributed by atoms with E-state index in [1.54, 1.807) is 0 Å². The number of alkyl halides is 6. The van der Waals surface area contributed by atoms with Gasteiger partial charge in [-0.05, 0) is 41.4 Å². The van der Waals surface area contributed by atoms with Gasteiger partial charge in [0.15, 0.2) is 0 Å². The Morgan fingerprint density at radius 2 is 1.08 bits per heavy atom. The van der Waals surface area contributed by atoms with E-state index in [-0.39, 0.29) is 0 Å². The molecule has 0 amide bonds. The second-order valence-electron chi connectivity index (χ2n) is 5.10. The van der Waals surface area contributed by atoms with Crippen LogP contribution in [0, 0.1) is 0 Å². The number of aromatic nitrogens is 2. The lowest BCUT2D eigenvalue weighted by Crippen LogP contribution is -2.04. The molecule has 0 unspecified atom stereocenters. The minimum absolute atomic E-state index is 0.318. The molecule has 3 rings (SSSR count). The summed E-state index contributed by atoms with van der Waals surface area (Å²) in [4.78, 5) is 0.480. The summed E-state index contributed by atoms with van der Waals surface area (Å²) in [7, 11) is 0. The van der Waals surface area contributed by atoms with Crippen molar-refractivity contribution in [2.45, 2.75) is 12.4 Å². The molecular formula is C16H8F6N2S. The monoisotopic (exact) mass is 374 g/mol. The van der Waals surface area contributed by atoms with Gasteiger partial charge in [-0.3, -0.25) is 0 Å². The summed E-state index contributed by atoms with van der Waals surface area (Å²) < 4.78 is 79.5. The number of benzene rings is 2. The summed E-state index contributed by atoms with van der Waals surface area (Å²) in [5.41, 5.74) is -0.409. The third-order valence-corrected chi connectivity index (χ3v) is 4.22. The van der Waals surface area contributed by atoms with E-state index in [1.165, 1.54) is 24.3 Å². The molecular weight excluding hydrogens is 366 g/mol. The average molecular weight is 374 g/mol. The first kappa shape index (κ1) is 17.4. The lowest BCUT2D eigenvalue weighted by Gasteiger charge is -2.08. The third kappa shape index (κ3) is 3.65. The molecule has 0 bridgehead atoms. The second kappa shape index (κ2) is 6.14. The predicted molar refractivity (Wildman–Crippen MR) is 80.8 cm³/mol. The molecule has 0 N–H and O–H groups in total. The number of nitrogens with zero attached hydrogens (tertiary/aromatic N) is 2. The Labute approximate surface area is 141 Å². The van der Waals surface area contributed by atoms with Crippen LogP contribution < -0.4 is 0 Å². The van der Waals surface area contributed by atoms with Crippen molar-refractivity contribution in [2.24, 2.45) is 0 Å². The number of halogens is 6. The van der Waals surface area contributed by atoms with Crippen LogP contribution in [-0.4, -0.2) is 9.59 Å². The molecule has 1 heterocycles. The van der Waals surface area contributed by atoms with Crippen LogP contribution in [0.25, 0.3) is 21.7 Å². The molecule has 0 spiro atoms. The fourth-order valence-electron chi connectivity index (χ4n) is 2.20. The standard InChI is InChI=1S/C16H8F6N2S/c17-15(18,19)11-5-1-9(2-6-11)13-14(25-24-23-13)10-3-7-12(8-4-10)16(20,21)22/h1-8H. The molecule has 130 valence electrons. The summed E-state index contributed by atoms with van der Waals surface area (Å²) in [5, 5.41) is 3.89. The van der Waals surface area contributed by atoms with Crippen LogP contribution in [0.1, 0.15) is 11.1 Å². The van der Waals surface area contributed by atoms with E-state index in [1.807, 2.05) is 0 Å². The first-order valence-electron chi connectivity index (χ1n) is 6.84. The van der Waals surface area contributed by atoms with Gasteiger partial charge < -0.3 is 0 Å². The number of rotatable bonds is 2. The van der Waals surface area contributed by atoms with Gasteiger partial charge in [-0.25, -0.2) is 0 Å². The molecule has 0 saturated carbocycles. The SMILES string of the molecule is FC(F)(F)c1ccc(-c2nnsc2-c2ccc(C(F)(F)F)cc2)cc1. The van der Waals surface area contributed by atoms with Gasteiger partial charge >= 0.3 is 12.4 Å². The van der Waals surface area contributed by atoms with E-state index in [0.29, 0.717) is 21.7 Å². The van der Waals surface area contributed by atoms with Gasteiger partial charge in [-0.2, -0.15) is 26.3 Å². The van der Waals surface area contributed by atoms with Crippen LogP contribution in [0.4, 0.5) is 26.3 Å². The molecule has 0 aliphatic rings. The van der Waals surface area contributed by atoms with E-state index in [2.05, 4.69) is 9.59 Å². The van der Waals surface area contributed by atoms with Gasteiger partial charge in [0.25, 0.3) is 0 Å². The van der Waals surface area contributed by atoms with Crippen molar-refractivity contribution in [2.75, 3.05) is 0 Å². The second-order valence-corrected chi connectivity index (χ2v) is 5.86. The smallest absolute Gasteiger partial charge is 0.166 e. The summed E-state index contributed by atoms with van der Waals surface area (Å²) in [5.74, 6) is 0. The van der Waals surface area contributed by atoms with Crippen molar-refractivity contribution in [1.29, 1.82) is 0 Å². The van der Waals surface area contributed by atoms with Crippen LogP contribution in [0.5, 0.6) is 0 Å². The molecule has 25 heavy (non-hydrogen) atoms. The minimum atomic E-state index is -4.45. The minimum Gasteiger partial charge on any atom is -0.166 e. The summed E-state index contributed by atoms with van der Waals surface area (Å²) in [6.07, 6.45) is -8.89. The maximum absolute atomic E-state index is 12.6. The van der Waals surface area contributed by atoms with Gasteiger partial charge in [0.1, 0.15) is 5.69 Å². The lowest BCUT2D eigenvalue weighted by atomic mass is 10.0. The van der Waals surface area contributed by atoms with Crippen molar-refractivity contribution >= 4 is 11.5 Å². The van der Waals surface area contributed by atoms with E-state index < -0.39 is 23.5 Å². The zero-order valence-electron chi connectivity index (χ0n) is 12.2. The summed E-state index contributed by atoms with van der Waals surface area (Å²) in [6, 6.07) is 8.80. The maximum atomic E-state index is 12.6. The molecule has 0 atom stereocenters. The van der Waals surface area contributed by atoms with Crippen molar-refractivity contribution in [3.05, 3.63) is 59.7 Å². The van der Waals surface area contributed by atoms with Gasteiger partial charge in [-0.1, -0.05) is 28.8 Å². The molecule has 0 saturated heterocycles. The highest BCUT2D eigenvalue weighted by atomic mass is 32.1. The van der Waals surface area contributed by atoms with Crippen molar-refractivity contribution < 1.29 is 26.3 Å². The molecule has 0 aliphatic heterocycles. The van der Waals surface area contributed by atoms with Crippen LogP contribution in [0.3, 0.4) is 0 Å². The summed E-state index contributed by atoms with van der Waals surface area (Å²) in [6.45, 7) is 0. The van der Waals surface area contributed by atoms with Crippen molar-refractivity contribution in [1.82, 2.24) is 9.59 Å². The topological polar surface area (TPSA) is 25.8 Å². The maximum Gasteiger partial charge on any atom is 0.416 e. The fraction of sp³-hybridized carbons (Fsp3) is 0.125. The van der Waals surface area contributed by atoms with Gasteiger partial charge in [0.2, 0.25) is 0 Å². The Morgan fingerprint density at radius 3 is 1.52 bits per heavy atom. The Bertz CT molecular complexity index is 791. The van der Waals surface area contributed by atoms with Gasteiger partial charge in [-0.15, -0.1) is 5.10 Å². The molecule has 2 nitrogen and oxygen atoms in total. The number of hydrogen-bond acceptors (Lipinski definition) is 3. The first-order chi connectivity index (χ1) is 11.7. The molecule has 2 aromatic carbocycles. The largest absolute Gasteiger partial charge is 0.416 e. The molecule has 0 aliphatic carbocycles. The Hall–Kier alpha value is -2.42. The van der Waals surface area contributed by atoms with Crippen LogP contribution >= 0.6 is 11.5 Å². The Balaban J connectivity index is 1.96. The van der Waals surface area contributed by atoms with Crippen LogP contribution in [-0.2, 0) is 12.4 Å². The van der Waals surface area contributed by atoms with Crippen molar-refractivity contribution in [3.63, 3.8) is 0 Å². The highest BCUT2D eigenvalue weighted by Crippen LogP contribution is 2.37. The highest BCUT2D eigenvalue weighted by Gasteiger charge is 2.31. The van der Waals surface area contributed by atoms with Gasteiger partial charge in [0, 0.05) is 5.56 Å².